The van der Waals surface area contributed by atoms with Crippen molar-refractivity contribution in [3.8, 4) is 0 Å². The summed E-state index contributed by atoms with van der Waals surface area (Å²) in [6.45, 7) is 7.42. The summed E-state index contributed by atoms with van der Waals surface area (Å²) in [7, 11) is 0. The van der Waals surface area contributed by atoms with Gasteiger partial charge in [0.05, 0.1) is 11.1 Å². The van der Waals surface area contributed by atoms with Gasteiger partial charge in [-0.05, 0) is 64.0 Å². The third kappa shape index (κ3) is 3.96. The number of piperidine rings is 1. The van der Waals surface area contributed by atoms with E-state index in [1.165, 1.54) is 35.1 Å². The van der Waals surface area contributed by atoms with Crippen molar-refractivity contribution >= 4 is 16.8 Å². The SMILES string of the molecule is CC(C)=CCN1CCC(NC(=O)c2cccc3c4c([nH]c23)CCCC4)CC1. The summed E-state index contributed by atoms with van der Waals surface area (Å²) in [4.78, 5) is 19.0. The molecular formula is C23H31N3O. The van der Waals surface area contributed by atoms with E-state index in [0.29, 0.717) is 0 Å². The van der Waals surface area contributed by atoms with E-state index >= 15 is 0 Å². The second kappa shape index (κ2) is 7.89. The lowest BCUT2D eigenvalue weighted by atomic mass is 9.95. The number of hydrogen-bond acceptors (Lipinski definition) is 2. The molecule has 1 saturated heterocycles. The van der Waals surface area contributed by atoms with Gasteiger partial charge < -0.3 is 10.3 Å². The van der Waals surface area contributed by atoms with Crippen molar-refractivity contribution in [2.75, 3.05) is 19.6 Å². The van der Waals surface area contributed by atoms with E-state index in [9.17, 15) is 4.79 Å². The molecule has 0 atom stereocenters. The largest absolute Gasteiger partial charge is 0.358 e. The van der Waals surface area contributed by atoms with Crippen LogP contribution >= 0.6 is 0 Å². The van der Waals surface area contributed by atoms with Crippen LogP contribution < -0.4 is 5.32 Å². The van der Waals surface area contributed by atoms with Crippen molar-refractivity contribution in [2.24, 2.45) is 0 Å². The van der Waals surface area contributed by atoms with Crippen LogP contribution in [0.15, 0.2) is 29.8 Å². The molecule has 144 valence electrons. The summed E-state index contributed by atoms with van der Waals surface area (Å²) in [5.41, 5.74) is 5.96. The fraction of sp³-hybridized carbons (Fsp3) is 0.522. The van der Waals surface area contributed by atoms with Crippen LogP contribution in [0.3, 0.4) is 0 Å². The van der Waals surface area contributed by atoms with Crippen molar-refractivity contribution in [1.82, 2.24) is 15.2 Å². The van der Waals surface area contributed by atoms with Gasteiger partial charge in [0.25, 0.3) is 5.91 Å². The number of benzene rings is 1. The highest BCUT2D eigenvalue weighted by molar-refractivity contribution is 6.07. The summed E-state index contributed by atoms with van der Waals surface area (Å²) >= 11 is 0. The summed E-state index contributed by atoms with van der Waals surface area (Å²) in [6, 6.07) is 6.43. The van der Waals surface area contributed by atoms with E-state index in [4.69, 9.17) is 0 Å². The Labute approximate surface area is 162 Å². The van der Waals surface area contributed by atoms with Crippen LogP contribution in [0.5, 0.6) is 0 Å². The molecule has 1 aromatic heterocycles. The first kappa shape index (κ1) is 18.3. The number of H-pyrrole nitrogens is 1. The lowest BCUT2D eigenvalue weighted by Crippen LogP contribution is -2.44. The third-order valence-corrected chi connectivity index (χ3v) is 6.06. The molecule has 2 heterocycles. The van der Waals surface area contributed by atoms with Crippen molar-refractivity contribution in [2.45, 2.75) is 58.4 Å². The Morgan fingerprint density at radius 2 is 2.00 bits per heavy atom. The molecule has 1 amide bonds. The molecule has 0 radical (unpaired) electrons. The minimum atomic E-state index is 0.0712. The predicted octanol–water partition coefficient (Wildman–Crippen LogP) is 4.21. The Morgan fingerprint density at radius 1 is 1.22 bits per heavy atom. The molecular weight excluding hydrogens is 334 g/mol. The first-order valence-electron chi connectivity index (χ1n) is 10.4. The molecule has 4 nitrogen and oxygen atoms in total. The van der Waals surface area contributed by atoms with Crippen molar-refractivity contribution < 1.29 is 4.79 Å². The zero-order valence-corrected chi connectivity index (χ0v) is 16.6. The van der Waals surface area contributed by atoms with Gasteiger partial charge in [0.1, 0.15) is 0 Å². The maximum Gasteiger partial charge on any atom is 0.253 e. The molecule has 1 aliphatic heterocycles. The number of amides is 1. The predicted molar refractivity (Wildman–Crippen MR) is 111 cm³/mol. The van der Waals surface area contributed by atoms with Gasteiger partial charge in [-0.25, -0.2) is 0 Å². The number of aromatic amines is 1. The zero-order chi connectivity index (χ0) is 18.8. The molecule has 1 aromatic carbocycles. The fourth-order valence-electron chi connectivity index (χ4n) is 4.45. The number of aromatic nitrogens is 1. The first-order valence-corrected chi connectivity index (χ1v) is 10.4. The molecule has 2 N–H and O–H groups in total. The van der Waals surface area contributed by atoms with Crippen molar-refractivity contribution in [1.29, 1.82) is 0 Å². The van der Waals surface area contributed by atoms with Gasteiger partial charge in [-0.3, -0.25) is 9.69 Å². The molecule has 0 bridgehead atoms. The Kier molecular flexibility index (Phi) is 5.35. The van der Waals surface area contributed by atoms with Crippen molar-refractivity contribution in [3.05, 3.63) is 46.7 Å². The Balaban J connectivity index is 1.43. The Bertz CT molecular complexity index is 852. The molecule has 0 unspecified atom stereocenters. The van der Waals surface area contributed by atoms with Crippen LogP contribution in [0.4, 0.5) is 0 Å². The van der Waals surface area contributed by atoms with Crippen molar-refractivity contribution in [3.63, 3.8) is 0 Å². The number of para-hydroxylation sites is 1. The van der Waals surface area contributed by atoms with E-state index in [1.54, 1.807) is 0 Å². The number of likely N-dealkylation sites (tertiary alicyclic amines) is 1. The molecule has 0 spiro atoms. The smallest absolute Gasteiger partial charge is 0.253 e. The topological polar surface area (TPSA) is 48.1 Å². The number of allylic oxidation sites excluding steroid dienone is 1. The van der Waals surface area contributed by atoms with E-state index in [2.05, 4.69) is 41.2 Å². The maximum absolute atomic E-state index is 13.0. The maximum atomic E-state index is 13.0. The highest BCUT2D eigenvalue weighted by atomic mass is 16.1. The number of fused-ring (bicyclic) bond motifs is 3. The van der Waals surface area contributed by atoms with Gasteiger partial charge in [0.15, 0.2) is 0 Å². The lowest BCUT2D eigenvalue weighted by molar-refractivity contribution is 0.0915. The Morgan fingerprint density at radius 3 is 2.78 bits per heavy atom. The van der Waals surface area contributed by atoms with Crippen LogP contribution in [0.2, 0.25) is 0 Å². The Hall–Kier alpha value is -2.07. The number of nitrogens with zero attached hydrogens (tertiary/aromatic N) is 1. The number of carbonyl (C=O) groups is 1. The number of aryl methyl sites for hydroxylation is 2. The summed E-state index contributed by atoms with van der Waals surface area (Å²) in [6.07, 6.45) is 9.07. The van der Waals surface area contributed by atoms with Crippen LogP contribution in [0.25, 0.3) is 10.9 Å². The third-order valence-electron chi connectivity index (χ3n) is 6.06. The molecule has 2 aromatic rings. The lowest BCUT2D eigenvalue weighted by Gasteiger charge is -2.31. The van der Waals surface area contributed by atoms with Gasteiger partial charge >= 0.3 is 0 Å². The summed E-state index contributed by atoms with van der Waals surface area (Å²) < 4.78 is 0. The van der Waals surface area contributed by atoms with Crippen LogP contribution in [0.1, 0.15) is 61.1 Å². The quantitative estimate of drug-likeness (QED) is 0.798. The van der Waals surface area contributed by atoms with E-state index in [-0.39, 0.29) is 11.9 Å². The average molecular weight is 366 g/mol. The average Bonchev–Trinajstić information content (AvgIpc) is 3.06. The van der Waals surface area contributed by atoms with Crippen LogP contribution in [-0.4, -0.2) is 41.5 Å². The van der Waals surface area contributed by atoms with Crippen LogP contribution in [-0.2, 0) is 12.8 Å². The van der Waals surface area contributed by atoms with E-state index in [1.807, 2.05) is 12.1 Å². The normalized spacial score (nSPS) is 18.3. The monoisotopic (exact) mass is 365 g/mol. The number of carbonyl (C=O) groups excluding carboxylic acids is 1. The number of nitrogens with one attached hydrogen (secondary N) is 2. The van der Waals surface area contributed by atoms with Crippen LogP contribution in [0, 0.1) is 0 Å². The van der Waals surface area contributed by atoms with Gasteiger partial charge in [-0.1, -0.05) is 23.8 Å². The highest BCUT2D eigenvalue weighted by Crippen LogP contribution is 2.30. The van der Waals surface area contributed by atoms with Gasteiger partial charge in [0.2, 0.25) is 0 Å². The van der Waals surface area contributed by atoms with Gasteiger partial charge in [-0.15, -0.1) is 0 Å². The molecule has 0 saturated carbocycles. The molecule has 27 heavy (non-hydrogen) atoms. The minimum absolute atomic E-state index is 0.0712. The van der Waals surface area contributed by atoms with E-state index < -0.39 is 0 Å². The minimum Gasteiger partial charge on any atom is -0.358 e. The van der Waals surface area contributed by atoms with Gasteiger partial charge in [-0.2, -0.15) is 0 Å². The molecule has 1 fully saturated rings. The van der Waals surface area contributed by atoms with Gasteiger partial charge in [0, 0.05) is 36.8 Å². The second-order valence-corrected chi connectivity index (χ2v) is 8.35. The number of rotatable bonds is 4. The molecule has 1 aliphatic carbocycles. The van der Waals surface area contributed by atoms with E-state index in [0.717, 1.165) is 56.4 Å². The summed E-state index contributed by atoms with van der Waals surface area (Å²) in [5.74, 6) is 0.0712. The first-order chi connectivity index (χ1) is 13.1. The highest BCUT2D eigenvalue weighted by Gasteiger charge is 2.23. The fourth-order valence-corrected chi connectivity index (χ4v) is 4.45. The number of hydrogen-bond donors (Lipinski definition) is 2. The second-order valence-electron chi connectivity index (χ2n) is 8.35. The standard InChI is InChI=1S/C23H31N3O/c1-16(2)10-13-26-14-11-17(12-15-26)24-23(27)20-8-5-7-19-18-6-3-4-9-21(18)25-22(19)20/h5,7-8,10,17,25H,3-4,6,9,11-15H2,1-2H3,(H,24,27). The summed E-state index contributed by atoms with van der Waals surface area (Å²) in [5, 5.41) is 4.54. The molecule has 4 heteroatoms. The molecule has 4 rings (SSSR count). The molecule has 2 aliphatic rings. The zero-order valence-electron chi connectivity index (χ0n) is 16.6.